The molecule has 0 aliphatic rings. The van der Waals surface area contributed by atoms with Gasteiger partial charge in [0.1, 0.15) is 0 Å². The minimum Gasteiger partial charge on any atom is -0.493 e. The van der Waals surface area contributed by atoms with Crippen molar-refractivity contribution in [2.75, 3.05) is 12.8 Å². The van der Waals surface area contributed by atoms with E-state index < -0.39 is 4.92 Å². The van der Waals surface area contributed by atoms with Crippen LogP contribution in [0.15, 0.2) is 28.9 Å². The molecule has 0 fully saturated rings. The van der Waals surface area contributed by atoms with E-state index in [-0.39, 0.29) is 29.0 Å². The molecule has 0 saturated carbocycles. The van der Waals surface area contributed by atoms with Crippen LogP contribution in [0.2, 0.25) is 0 Å². The summed E-state index contributed by atoms with van der Waals surface area (Å²) in [6.45, 7) is 0. The van der Waals surface area contributed by atoms with Crippen LogP contribution in [0, 0.1) is 10.1 Å². The number of nitrogens with two attached hydrogens (primary N) is 1. The second-order valence-electron chi connectivity index (χ2n) is 3.58. The first-order valence-electron chi connectivity index (χ1n) is 5.29. The second kappa shape index (κ2) is 5.70. The molecule has 0 atom stereocenters. The van der Waals surface area contributed by atoms with Gasteiger partial charge in [-0.3, -0.25) is 10.1 Å². The highest BCUT2D eigenvalue weighted by molar-refractivity contribution is 9.10. The van der Waals surface area contributed by atoms with Gasteiger partial charge >= 0.3 is 0 Å². The fraction of sp³-hybridized carbons (Fsp3) is 0.0909. The molecule has 8 nitrogen and oxygen atoms in total. The third kappa shape index (κ3) is 2.94. The van der Waals surface area contributed by atoms with Gasteiger partial charge in [0.15, 0.2) is 11.5 Å². The van der Waals surface area contributed by atoms with Crippen molar-refractivity contribution >= 4 is 27.6 Å². The topological polar surface area (TPSA) is 113 Å². The second-order valence-corrected chi connectivity index (χ2v) is 4.43. The fourth-order valence-electron chi connectivity index (χ4n) is 1.39. The number of anilines is 1. The molecule has 0 spiro atoms. The van der Waals surface area contributed by atoms with Crippen molar-refractivity contribution in [3.63, 3.8) is 0 Å². The molecule has 0 unspecified atom stereocenters. The highest BCUT2D eigenvalue weighted by atomic mass is 79.9. The number of rotatable bonds is 4. The van der Waals surface area contributed by atoms with E-state index in [1.165, 1.54) is 31.5 Å². The van der Waals surface area contributed by atoms with Crippen LogP contribution in [0.4, 0.5) is 11.6 Å². The predicted molar refractivity (Wildman–Crippen MR) is 73.9 cm³/mol. The number of nitrogens with zero attached hydrogens (tertiary/aromatic N) is 3. The van der Waals surface area contributed by atoms with Crippen LogP contribution in [0.1, 0.15) is 0 Å². The molecule has 9 heteroatoms. The van der Waals surface area contributed by atoms with Crippen molar-refractivity contribution in [3.05, 3.63) is 39.0 Å². The van der Waals surface area contributed by atoms with Crippen LogP contribution in [0.5, 0.6) is 17.4 Å². The summed E-state index contributed by atoms with van der Waals surface area (Å²) < 4.78 is 11.1. The molecular weight excluding hydrogens is 332 g/mol. The van der Waals surface area contributed by atoms with Crippen molar-refractivity contribution in [2.24, 2.45) is 0 Å². The van der Waals surface area contributed by atoms with Gasteiger partial charge in [0, 0.05) is 6.07 Å². The molecule has 20 heavy (non-hydrogen) atoms. The van der Waals surface area contributed by atoms with Crippen LogP contribution in [-0.2, 0) is 0 Å². The van der Waals surface area contributed by atoms with Gasteiger partial charge in [0.25, 0.3) is 5.69 Å². The third-order valence-electron chi connectivity index (χ3n) is 2.30. The summed E-state index contributed by atoms with van der Waals surface area (Å²) in [5.74, 6) is 0.717. The number of ether oxygens (including phenoxy) is 2. The number of benzene rings is 1. The first-order valence-corrected chi connectivity index (χ1v) is 6.09. The van der Waals surface area contributed by atoms with E-state index in [4.69, 9.17) is 15.2 Å². The number of nitro groups is 1. The first-order chi connectivity index (χ1) is 9.51. The van der Waals surface area contributed by atoms with Gasteiger partial charge in [-0.1, -0.05) is 0 Å². The zero-order valence-electron chi connectivity index (χ0n) is 10.2. The molecule has 1 aromatic heterocycles. The normalized spacial score (nSPS) is 10.1. The number of hydrogen-bond acceptors (Lipinski definition) is 7. The quantitative estimate of drug-likeness (QED) is 0.671. The van der Waals surface area contributed by atoms with Crippen molar-refractivity contribution in [3.8, 4) is 17.4 Å². The van der Waals surface area contributed by atoms with E-state index in [2.05, 4.69) is 25.9 Å². The van der Waals surface area contributed by atoms with Crippen molar-refractivity contribution in [1.29, 1.82) is 0 Å². The number of nitro benzene ring substituents is 1. The molecule has 0 aliphatic heterocycles. The number of hydrogen-bond donors (Lipinski definition) is 1. The molecule has 2 rings (SSSR count). The minimum atomic E-state index is -0.523. The third-order valence-corrected chi connectivity index (χ3v) is 2.84. The summed E-state index contributed by atoms with van der Waals surface area (Å²) in [5.41, 5.74) is 5.37. The maximum atomic E-state index is 10.7. The number of aromatic nitrogens is 2. The monoisotopic (exact) mass is 340 g/mol. The molecule has 104 valence electrons. The van der Waals surface area contributed by atoms with E-state index in [1.54, 1.807) is 0 Å². The van der Waals surface area contributed by atoms with Crippen molar-refractivity contribution < 1.29 is 14.4 Å². The highest BCUT2D eigenvalue weighted by Crippen LogP contribution is 2.36. The Morgan fingerprint density at radius 1 is 1.40 bits per heavy atom. The Morgan fingerprint density at radius 3 is 2.80 bits per heavy atom. The van der Waals surface area contributed by atoms with Gasteiger partial charge < -0.3 is 15.2 Å². The van der Waals surface area contributed by atoms with Crippen LogP contribution in [-0.4, -0.2) is 22.0 Å². The van der Waals surface area contributed by atoms with Gasteiger partial charge in [-0.15, -0.1) is 0 Å². The molecule has 0 saturated heterocycles. The number of methoxy groups -OCH3 is 1. The van der Waals surface area contributed by atoms with E-state index in [0.29, 0.717) is 4.47 Å². The average molecular weight is 341 g/mol. The van der Waals surface area contributed by atoms with Crippen LogP contribution in [0.3, 0.4) is 0 Å². The SMILES string of the molecule is COc1cc([N+](=O)[O-])ccc1Oc1nc(N)ncc1Br. The highest BCUT2D eigenvalue weighted by Gasteiger charge is 2.15. The Hall–Kier alpha value is -2.42. The van der Waals surface area contributed by atoms with E-state index in [0.717, 1.165) is 0 Å². The Labute approximate surface area is 121 Å². The molecule has 0 amide bonds. The van der Waals surface area contributed by atoms with Gasteiger partial charge in [0.2, 0.25) is 11.8 Å². The minimum absolute atomic E-state index is 0.0454. The lowest BCUT2D eigenvalue weighted by Gasteiger charge is -2.10. The lowest BCUT2D eigenvalue weighted by Crippen LogP contribution is -1.99. The predicted octanol–water partition coefficient (Wildman–Crippen LogP) is 2.53. The zero-order chi connectivity index (χ0) is 14.7. The number of non-ortho nitro benzene ring substituents is 1. The maximum absolute atomic E-state index is 10.7. The largest absolute Gasteiger partial charge is 0.493 e. The van der Waals surface area contributed by atoms with Gasteiger partial charge in [-0.2, -0.15) is 4.98 Å². The zero-order valence-corrected chi connectivity index (χ0v) is 11.8. The summed E-state index contributed by atoms with van der Waals surface area (Å²) >= 11 is 3.22. The van der Waals surface area contributed by atoms with E-state index in [1.807, 2.05) is 0 Å². The molecule has 2 aromatic rings. The maximum Gasteiger partial charge on any atom is 0.273 e. The number of nitrogen functional groups attached to an aromatic ring is 1. The van der Waals surface area contributed by atoms with Crippen LogP contribution < -0.4 is 15.2 Å². The molecule has 0 bridgehead atoms. The van der Waals surface area contributed by atoms with Gasteiger partial charge in [0.05, 0.1) is 28.8 Å². The molecule has 0 radical (unpaired) electrons. The molecule has 2 N–H and O–H groups in total. The van der Waals surface area contributed by atoms with Gasteiger partial charge in [-0.25, -0.2) is 4.98 Å². The molecule has 1 heterocycles. The van der Waals surface area contributed by atoms with Crippen LogP contribution >= 0.6 is 15.9 Å². The van der Waals surface area contributed by atoms with Crippen molar-refractivity contribution in [1.82, 2.24) is 9.97 Å². The fourth-order valence-corrected chi connectivity index (χ4v) is 1.67. The summed E-state index contributed by atoms with van der Waals surface area (Å²) in [4.78, 5) is 17.9. The van der Waals surface area contributed by atoms with Crippen LogP contribution in [0.25, 0.3) is 0 Å². The smallest absolute Gasteiger partial charge is 0.273 e. The Morgan fingerprint density at radius 2 is 2.15 bits per heavy atom. The molecule has 1 aromatic carbocycles. The Balaban J connectivity index is 2.38. The standard InChI is InChI=1S/C11H9BrN4O4/c1-19-9-4-6(16(17)18)2-3-8(9)20-10-7(12)5-14-11(13)15-10/h2-5H,1H3,(H2,13,14,15). The summed E-state index contributed by atoms with van der Waals surface area (Å²) in [6, 6.07) is 3.98. The molecule has 0 aliphatic carbocycles. The van der Waals surface area contributed by atoms with Gasteiger partial charge in [-0.05, 0) is 22.0 Å². The van der Waals surface area contributed by atoms with Crippen molar-refractivity contribution in [2.45, 2.75) is 0 Å². The first kappa shape index (κ1) is 14.0. The van der Waals surface area contributed by atoms with E-state index >= 15 is 0 Å². The molecular formula is C11H9BrN4O4. The summed E-state index contributed by atoms with van der Waals surface area (Å²) in [6.07, 6.45) is 1.44. The Kier molecular flexibility index (Phi) is 3.99. The van der Waals surface area contributed by atoms with E-state index in [9.17, 15) is 10.1 Å². The summed E-state index contributed by atoms with van der Waals surface area (Å²) in [7, 11) is 1.38. The lowest BCUT2D eigenvalue weighted by molar-refractivity contribution is -0.384. The summed E-state index contributed by atoms with van der Waals surface area (Å²) in [5, 5.41) is 10.7. The Bertz CT molecular complexity index is 665. The number of halogens is 1. The lowest BCUT2D eigenvalue weighted by atomic mass is 10.3. The average Bonchev–Trinajstić information content (AvgIpc) is 2.43.